The molecule has 0 aliphatic rings. The van der Waals surface area contributed by atoms with E-state index >= 15 is 0 Å². The fourth-order valence-electron chi connectivity index (χ4n) is 7.92. The quantitative estimate of drug-likeness (QED) is 0.169. The van der Waals surface area contributed by atoms with Crippen molar-refractivity contribution in [2.75, 3.05) is 0 Å². The molecule has 9 aromatic carbocycles. The summed E-state index contributed by atoms with van der Waals surface area (Å²) in [6.45, 7) is 0. The van der Waals surface area contributed by atoms with Crippen LogP contribution < -0.4 is 0 Å². The molecule has 0 saturated carbocycles. The Balaban J connectivity index is 1.21. The highest BCUT2D eigenvalue weighted by Gasteiger charge is 2.21. The van der Waals surface area contributed by atoms with E-state index in [0.29, 0.717) is 39.2 Å². The largest absolute Gasteiger partial charge is 0.456 e. The van der Waals surface area contributed by atoms with E-state index in [4.69, 9.17) is 29.0 Å². The fraction of sp³-hybridized carbons (Fsp3) is 0. The van der Waals surface area contributed by atoms with Crippen molar-refractivity contribution in [3.8, 4) is 62.1 Å². The second-order valence-corrected chi connectivity index (χ2v) is 14.3. The van der Waals surface area contributed by atoms with Crippen molar-refractivity contribution in [1.29, 1.82) is 0 Å². The third kappa shape index (κ3) is 5.67. The van der Waals surface area contributed by atoms with E-state index in [0.717, 1.165) is 27.1 Å². The van der Waals surface area contributed by atoms with Crippen molar-refractivity contribution in [1.82, 2.24) is 19.5 Å². The highest BCUT2D eigenvalue weighted by molar-refractivity contribution is 6.11. The normalized spacial score (nSPS) is 14.5. The van der Waals surface area contributed by atoms with Crippen molar-refractivity contribution in [2.45, 2.75) is 0 Å². The number of benzene rings is 9. The molecule has 0 fully saturated rings. The third-order valence-electron chi connectivity index (χ3n) is 10.8. The van der Waals surface area contributed by atoms with Crippen LogP contribution in [0.15, 0.2) is 210 Å². The molecule has 0 amide bonds. The molecule has 12 aromatic rings. The van der Waals surface area contributed by atoms with Gasteiger partial charge in [-0.25, -0.2) is 15.0 Å². The molecule has 280 valence electrons. The van der Waals surface area contributed by atoms with E-state index in [1.165, 1.54) is 4.57 Å². The van der Waals surface area contributed by atoms with Gasteiger partial charge in [-0.3, -0.25) is 0 Å². The van der Waals surface area contributed by atoms with Crippen molar-refractivity contribution >= 4 is 54.5 Å². The third-order valence-corrected chi connectivity index (χ3v) is 10.8. The predicted molar refractivity (Wildman–Crippen MR) is 246 cm³/mol. The van der Waals surface area contributed by atoms with Gasteiger partial charge < -0.3 is 8.98 Å². The van der Waals surface area contributed by atoms with Crippen LogP contribution in [0.2, 0.25) is 0 Å². The van der Waals surface area contributed by atoms with Gasteiger partial charge in [-0.05, 0) is 87.6 Å². The van der Waals surface area contributed by atoms with Gasteiger partial charge in [-0.2, -0.15) is 0 Å². The number of nitrogens with zero attached hydrogens (tertiary/aromatic N) is 4. The van der Waals surface area contributed by atoms with E-state index in [1.54, 1.807) is 6.07 Å². The highest BCUT2D eigenvalue weighted by Crippen LogP contribution is 2.40. The lowest BCUT2D eigenvalue weighted by atomic mass is 9.98. The number of aromatic nitrogens is 4. The van der Waals surface area contributed by atoms with Crippen LogP contribution in [0.4, 0.5) is 0 Å². The van der Waals surface area contributed by atoms with Gasteiger partial charge in [0.2, 0.25) is 0 Å². The smallest absolute Gasteiger partial charge is 0.166 e. The van der Waals surface area contributed by atoms with Crippen molar-refractivity contribution in [3.63, 3.8) is 0 Å². The van der Waals surface area contributed by atoms with Crippen LogP contribution in [0.3, 0.4) is 0 Å². The van der Waals surface area contributed by atoms with Crippen LogP contribution in [-0.4, -0.2) is 19.5 Å². The summed E-state index contributed by atoms with van der Waals surface area (Å²) in [5.41, 5.74) is 3.43. The molecule has 0 radical (unpaired) electrons. The lowest BCUT2D eigenvalue weighted by Gasteiger charge is -2.16. The number of rotatable bonds is 6. The zero-order chi connectivity index (χ0) is 50.0. The average molecular weight is 779 g/mol. The van der Waals surface area contributed by atoms with Crippen LogP contribution in [0.5, 0.6) is 0 Å². The Bertz CT molecular complexity index is 4300. The summed E-state index contributed by atoms with van der Waals surface area (Å²) in [4.78, 5) is 15.3. The molecule has 3 aromatic heterocycles. The molecule has 0 N–H and O–H groups in total. The highest BCUT2D eigenvalue weighted by atomic mass is 16.3. The Kier molecular flexibility index (Phi) is 5.49. The lowest BCUT2D eigenvalue weighted by molar-refractivity contribution is 0.669. The van der Waals surface area contributed by atoms with Crippen molar-refractivity contribution in [2.24, 2.45) is 0 Å². The number of fused-ring (bicyclic) bond motifs is 7. The standard InChI is InChI=1S/C55H34N4O/c1-3-13-35(14-4-1)40-26-29-49-46(32-40)43-19-9-11-21-48(43)59(49)50-30-27-41(39-24-23-36-15-7-8-18-38(36)31-39)33-47(50)55-57-53(37-16-5-2-6-17-37)56-54(58-55)42-25-28-45-44-20-10-12-22-51(44)60-52(45)34-42/h1-34H/i1D,3D,4D,9D,11D,13D,14D,19D,21D,26D,29D,32D. The molecule has 0 atom stereocenters. The van der Waals surface area contributed by atoms with E-state index in [1.807, 2.05) is 127 Å². The first kappa shape index (κ1) is 23.9. The van der Waals surface area contributed by atoms with Gasteiger partial charge in [0.15, 0.2) is 17.5 Å². The molecule has 0 saturated heterocycles. The molecule has 60 heavy (non-hydrogen) atoms. The Morgan fingerprint density at radius 3 is 1.98 bits per heavy atom. The van der Waals surface area contributed by atoms with Crippen LogP contribution in [0.1, 0.15) is 16.4 Å². The maximum atomic E-state index is 9.78. The van der Waals surface area contributed by atoms with Gasteiger partial charge in [0.05, 0.1) is 33.2 Å². The lowest BCUT2D eigenvalue weighted by Crippen LogP contribution is -2.04. The van der Waals surface area contributed by atoms with E-state index in [2.05, 4.69) is 0 Å². The summed E-state index contributed by atoms with van der Waals surface area (Å²) >= 11 is 0. The molecule has 0 aliphatic carbocycles. The first-order valence-corrected chi connectivity index (χ1v) is 19.2. The molecular weight excluding hydrogens is 733 g/mol. The molecule has 0 aliphatic heterocycles. The number of hydrogen-bond acceptors (Lipinski definition) is 4. The molecule has 0 unspecified atom stereocenters. The molecular formula is C55H34N4O. The number of furan rings is 1. The van der Waals surface area contributed by atoms with Gasteiger partial charge >= 0.3 is 0 Å². The maximum Gasteiger partial charge on any atom is 0.166 e. The predicted octanol–water partition coefficient (Wildman–Crippen LogP) is 14.4. The second kappa shape index (κ2) is 13.8. The summed E-state index contributed by atoms with van der Waals surface area (Å²) in [6.07, 6.45) is 0. The monoisotopic (exact) mass is 778 g/mol. The molecule has 3 heterocycles. The molecule has 0 bridgehead atoms. The Morgan fingerprint density at radius 1 is 0.400 bits per heavy atom. The minimum Gasteiger partial charge on any atom is -0.456 e. The second-order valence-electron chi connectivity index (χ2n) is 14.3. The summed E-state index contributed by atoms with van der Waals surface area (Å²) < 4.78 is 116. The number of para-hydroxylation sites is 2. The minimum atomic E-state index is -0.707. The van der Waals surface area contributed by atoms with E-state index in [-0.39, 0.29) is 39.1 Å². The van der Waals surface area contributed by atoms with Crippen LogP contribution in [-0.2, 0) is 0 Å². The van der Waals surface area contributed by atoms with Gasteiger partial charge in [-0.15, -0.1) is 0 Å². The average Bonchev–Trinajstić information content (AvgIpc) is 3.97. The van der Waals surface area contributed by atoms with Crippen LogP contribution >= 0.6 is 0 Å². The summed E-state index contributed by atoms with van der Waals surface area (Å²) in [6, 6.07) is 34.6. The van der Waals surface area contributed by atoms with E-state index < -0.39 is 83.6 Å². The zero-order valence-corrected chi connectivity index (χ0v) is 31.4. The van der Waals surface area contributed by atoms with Crippen molar-refractivity contribution in [3.05, 3.63) is 206 Å². The molecule has 5 heteroatoms. The van der Waals surface area contributed by atoms with Crippen LogP contribution in [0.25, 0.3) is 117 Å². The zero-order valence-electron chi connectivity index (χ0n) is 43.4. The first-order chi connectivity index (χ1) is 34.7. The van der Waals surface area contributed by atoms with Crippen molar-refractivity contribution < 1.29 is 20.9 Å². The van der Waals surface area contributed by atoms with Gasteiger partial charge in [0, 0.05) is 38.2 Å². The maximum absolute atomic E-state index is 9.78. The summed E-state index contributed by atoms with van der Waals surface area (Å²) in [5.74, 6) is 0.716. The number of hydrogen-bond donors (Lipinski definition) is 0. The Morgan fingerprint density at radius 2 is 1.08 bits per heavy atom. The topological polar surface area (TPSA) is 56.7 Å². The molecule has 12 rings (SSSR count). The van der Waals surface area contributed by atoms with Crippen LogP contribution in [0, 0.1) is 0 Å². The SMILES string of the molecule is [2H]c1c([2H])c([2H])c(-c2c([2H])c([2H])c3c(c2[2H])c2c([2H])c([2H])c([2H])c([2H])c2n3-c2ccc(-c3ccc4ccccc4c3)cc2-c2nc(-c3ccccc3)nc(-c3ccc4c(c3)oc3ccccc34)n2)c([2H])c1[2H]. The molecule has 0 spiro atoms. The summed E-state index contributed by atoms with van der Waals surface area (Å²) in [5, 5.41) is 3.49. The first-order valence-electron chi connectivity index (χ1n) is 25.2. The summed E-state index contributed by atoms with van der Waals surface area (Å²) in [7, 11) is 0. The Hall–Kier alpha value is -8.15. The van der Waals surface area contributed by atoms with Gasteiger partial charge in [-0.1, -0.05) is 151 Å². The van der Waals surface area contributed by atoms with Gasteiger partial charge in [0.1, 0.15) is 11.2 Å². The fourth-order valence-corrected chi connectivity index (χ4v) is 7.92. The van der Waals surface area contributed by atoms with E-state index in [9.17, 15) is 6.85 Å². The Labute approximate surface area is 362 Å². The van der Waals surface area contributed by atoms with Gasteiger partial charge in [0.25, 0.3) is 0 Å². The minimum absolute atomic E-state index is 0.136. The molecule has 5 nitrogen and oxygen atoms in total.